The van der Waals surface area contributed by atoms with E-state index in [-0.39, 0.29) is 24.2 Å². The highest BCUT2D eigenvalue weighted by Crippen LogP contribution is 2.38. The maximum absolute atomic E-state index is 12.7. The molecule has 9 heteroatoms. The first-order valence-electron chi connectivity index (χ1n) is 9.74. The van der Waals surface area contributed by atoms with Gasteiger partial charge in [-0.05, 0) is 26.2 Å². The van der Waals surface area contributed by atoms with Gasteiger partial charge in [0.1, 0.15) is 0 Å². The Hall–Kier alpha value is -2.26. The van der Waals surface area contributed by atoms with E-state index in [0.29, 0.717) is 31.4 Å². The molecule has 1 aliphatic carbocycles. The molecular weight excluding hydrogens is 378 g/mol. The number of hydrogen-bond donors (Lipinski definition) is 1. The molecule has 0 radical (unpaired) electrons. The van der Waals surface area contributed by atoms with Crippen LogP contribution in [0.1, 0.15) is 30.3 Å². The lowest BCUT2D eigenvalue weighted by Crippen LogP contribution is -2.29. The minimum atomic E-state index is -0.325. The number of ether oxygens (including phenoxy) is 1. The molecule has 3 heterocycles. The number of hydrogen-bond acceptors (Lipinski definition) is 6. The highest BCUT2D eigenvalue weighted by atomic mass is 32.1. The van der Waals surface area contributed by atoms with E-state index in [1.807, 2.05) is 24.9 Å². The number of amides is 2. The predicted molar refractivity (Wildman–Crippen MR) is 106 cm³/mol. The summed E-state index contributed by atoms with van der Waals surface area (Å²) in [6, 6.07) is 0. The first kappa shape index (κ1) is 19.1. The highest BCUT2D eigenvalue weighted by Gasteiger charge is 2.34. The van der Waals surface area contributed by atoms with Gasteiger partial charge in [-0.25, -0.2) is 4.98 Å². The molecule has 2 amide bonds. The number of rotatable bonds is 7. The van der Waals surface area contributed by atoms with Crippen LogP contribution in [0.4, 0.5) is 5.13 Å². The summed E-state index contributed by atoms with van der Waals surface area (Å²) in [5, 5.41) is 7.86. The number of likely N-dealkylation sites (tertiary alicyclic amines) is 1. The normalized spacial score (nSPS) is 18.3. The Morgan fingerprint density at radius 2 is 2.29 bits per heavy atom. The molecule has 2 aromatic rings. The van der Waals surface area contributed by atoms with Crippen molar-refractivity contribution in [2.24, 2.45) is 13.0 Å². The van der Waals surface area contributed by atoms with Gasteiger partial charge in [-0.2, -0.15) is 5.10 Å². The Kier molecular flexibility index (Phi) is 5.45. The molecule has 28 heavy (non-hydrogen) atoms. The molecule has 1 N–H and O–H groups in total. The lowest BCUT2D eigenvalue weighted by atomic mass is 10.0. The van der Waals surface area contributed by atoms with Crippen molar-refractivity contribution in [3.8, 4) is 11.3 Å². The molecular formula is C19H25N5O3S. The molecule has 1 saturated heterocycles. The molecule has 0 aromatic carbocycles. The number of fused-ring (bicyclic) bond motifs is 3. The molecule has 0 spiro atoms. The van der Waals surface area contributed by atoms with Crippen molar-refractivity contribution in [2.75, 3.05) is 31.6 Å². The third-order valence-corrected chi connectivity index (χ3v) is 6.37. The summed E-state index contributed by atoms with van der Waals surface area (Å²) in [5.41, 5.74) is 3.16. The molecule has 0 bridgehead atoms. The van der Waals surface area contributed by atoms with Gasteiger partial charge in [-0.15, -0.1) is 11.3 Å². The van der Waals surface area contributed by atoms with Crippen molar-refractivity contribution < 1.29 is 14.3 Å². The number of aromatic nitrogens is 3. The third kappa shape index (κ3) is 3.68. The van der Waals surface area contributed by atoms with Crippen LogP contribution in [0.25, 0.3) is 11.3 Å². The van der Waals surface area contributed by atoms with E-state index >= 15 is 0 Å². The first-order valence-corrected chi connectivity index (χ1v) is 10.6. The molecule has 150 valence electrons. The Balaban J connectivity index is 1.37. The van der Waals surface area contributed by atoms with Crippen molar-refractivity contribution >= 4 is 28.3 Å². The van der Waals surface area contributed by atoms with Gasteiger partial charge < -0.3 is 15.0 Å². The topological polar surface area (TPSA) is 89.3 Å². The number of anilines is 1. The molecule has 4 rings (SSSR count). The predicted octanol–water partition coefficient (Wildman–Crippen LogP) is 1.86. The van der Waals surface area contributed by atoms with Crippen LogP contribution in [0.2, 0.25) is 0 Å². The minimum absolute atomic E-state index is 0.0371. The Bertz CT molecular complexity index is 890. The summed E-state index contributed by atoms with van der Waals surface area (Å²) < 4.78 is 7.21. The van der Waals surface area contributed by atoms with Gasteiger partial charge >= 0.3 is 0 Å². The van der Waals surface area contributed by atoms with Gasteiger partial charge in [0.05, 0.1) is 17.8 Å². The van der Waals surface area contributed by atoms with E-state index in [4.69, 9.17) is 4.74 Å². The molecule has 0 unspecified atom stereocenters. The Morgan fingerprint density at radius 3 is 3.11 bits per heavy atom. The van der Waals surface area contributed by atoms with E-state index in [1.165, 1.54) is 21.9 Å². The summed E-state index contributed by atoms with van der Waals surface area (Å²) in [5.74, 6) is -0.414. The smallest absolute Gasteiger partial charge is 0.231 e. The van der Waals surface area contributed by atoms with Gasteiger partial charge in [0.15, 0.2) is 5.13 Å². The van der Waals surface area contributed by atoms with Crippen LogP contribution in [-0.2, 0) is 34.2 Å². The lowest BCUT2D eigenvalue weighted by molar-refractivity contribution is -0.128. The van der Waals surface area contributed by atoms with Crippen molar-refractivity contribution in [2.45, 2.75) is 32.6 Å². The molecule has 1 fully saturated rings. The SMILES string of the molecule is CCOCCCN1C[C@H](C(=O)Nc2nc3c(s2)CCc2c-3cnn2C)CC1=O. The number of carbonyl (C=O) groups excluding carboxylic acids is 2. The van der Waals surface area contributed by atoms with Crippen LogP contribution in [-0.4, -0.2) is 57.8 Å². The Labute approximate surface area is 167 Å². The number of aryl methyl sites for hydroxylation is 2. The summed E-state index contributed by atoms with van der Waals surface area (Å²) in [7, 11) is 1.94. The van der Waals surface area contributed by atoms with Crippen LogP contribution in [0, 0.1) is 5.92 Å². The third-order valence-electron chi connectivity index (χ3n) is 5.34. The molecule has 2 aromatic heterocycles. The first-order chi connectivity index (χ1) is 13.6. The van der Waals surface area contributed by atoms with Crippen molar-refractivity contribution in [3.63, 3.8) is 0 Å². The molecule has 0 saturated carbocycles. The summed E-state index contributed by atoms with van der Waals surface area (Å²) in [4.78, 5) is 32.4. The number of thiazole rings is 1. The molecule has 1 aliphatic heterocycles. The molecule has 2 aliphatic rings. The monoisotopic (exact) mass is 403 g/mol. The van der Waals surface area contributed by atoms with E-state index in [9.17, 15) is 9.59 Å². The zero-order chi connectivity index (χ0) is 19.7. The molecule has 8 nitrogen and oxygen atoms in total. The minimum Gasteiger partial charge on any atom is -0.382 e. The second-order valence-electron chi connectivity index (χ2n) is 7.20. The summed E-state index contributed by atoms with van der Waals surface area (Å²) in [6.45, 7) is 4.37. The fourth-order valence-electron chi connectivity index (χ4n) is 3.85. The van der Waals surface area contributed by atoms with Crippen LogP contribution in [0.15, 0.2) is 6.20 Å². The average molecular weight is 404 g/mol. The van der Waals surface area contributed by atoms with Crippen molar-refractivity contribution in [1.82, 2.24) is 19.7 Å². The largest absolute Gasteiger partial charge is 0.382 e. The van der Waals surface area contributed by atoms with Gasteiger partial charge in [0.25, 0.3) is 0 Å². The Morgan fingerprint density at radius 1 is 1.43 bits per heavy atom. The van der Waals surface area contributed by atoms with Gasteiger partial charge in [-0.3, -0.25) is 14.3 Å². The van der Waals surface area contributed by atoms with Crippen LogP contribution < -0.4 is 5.32 Å². The van der Waals surface area contributed by atoms with Gasteiger partial charge in [-0.1, -0.05) is 0 Å². The quantitative estimate of drug-likeness (QED) is 0.713. The van der Waals surface area contributed by atoms with E-state index in [0.717, 1.165) is 30.5 Å². The van der Waals surface area contributed by atoms with E-state index in [2.05, 4.69) is 15.4 Å². The average Bonchev–Trinajstić information content (AvgIpc) is 3.36. The second-order valence-corrected chi connectivity index (χ2v) is 8.28. The standard InChI is InChI=1S/C19H25N5O3S/c1-3-27-8-4-7-24-11-12(9-16(24)25)18(26)22-19-21-17-13-10-20-23(2)14(13)5-6-15(17)28-19/h10,12H,3-9,11H2,1-2H3,(H,21,22,26)/t12-/m1/s1. The van der Waals surface area contributed by atoms with Gasteiger partial charge in [0, 0.05) is 55.9 Å². The maximum atomic E-state index is 12.7. The van der Waals surface area contributed by atoms with Crippen LogP contribution in [0.5, 0.6) is 0 Å². The van der Waals surface area contributed by atoms with E-state index < -0.39 is 0 Å². The maximum Gasteiger partial charge on any atom is 0.231 e. The van der Waals surface area contributed by atoms with Crippen molar-refractivity contribution in [1.29, 1.82) is 0 Å². The lowest BCUT2D eigenvalue weighted by Gasteiger charge is -2.16. The van der Waals surface area contributed by atoms with Crippen LogP contribution in [0.3, 0.4) is 0 Å². The number of carbonyl (C=O) groups is 2. The second kappa shape index (κ2) is 8.00. The van der Waals surface area contributed by atoms with Crippen LogP contribution >= 0.6 is 11.3 Å². The number of nitrogens with one attached hydrogen (secondary N) is 1. The zero-order valence-corrected chi connectivity index (χ0v) is 17.0. The van der Waals surface area contributed by atoms with Gasteiger partial charge in [0.2, 0.25) is 11.8 Å². The zero-order valence-electron chi connectivity index (χ0n) is 16.2. The fraction of sp³-hybridized carbons (Fsp3) is 0.579. The fourth-order valence-corrected chi connectivity index (χ4v) is 4.83. The molecule has 1 atom stereocenters. The summed E-state index contributed by atoms with van der Waals surface area (Å²) >= 11 is 1.52. The van der Waals surface area contributed by atoms with E-state index in [1.54, 1.807) is 4.90 Å². The highest BCUT2D eigenvalue weighted by molar-refractivity contribution is 7.16. The van der Waals surface area contributed by atoms with Crippen molar-refractivity contribution in [3.05, 3.63) is 16.8 Å². The summed E-state index contributed by atoms with van der Waals surface area (Å²) in [6.07, 6.45) is 4.74. The number of nitrogens with zero attached hydrogens (tertiary/aromatic N) is 4.